The summed E-state index contributed by atoms with van der Waals surface area (Å²) >= 11 is 0. The van der Waals surface area contributed by atoms with Gasteiger partial charge in [0.15, 0.2) is 6.29 Å². The molecule has 3 rings (SSSR count). The summed E-state index contributed by atoms with van der Waals surface area (Å²) in [6, 6.07) is 9.46. The van der Waals surface area contributed by atoms with Gasteiger partial charge in [0.25, 0.3) is 0 Å². The van der Waals surface area contributed by atoms with Crippen molar-refractivity contribution in [3.8, 4) is 0 Å². The van der Waals surface area contributed by atoms with Crippen LogP contribution in [0.2, 0.25) is 0 Å². The number of carbonyl (C=O) groups excluding carboxylic acids is 2. The normalized spacial score (nSPS) is 22.4. The van der Waals surface area contributed by atoms with Crippen LogP contribution in [0.3, 0.4) is 0 Å². The van der Waals surface area contributed by atoms with Gasteiger partial charge >= 0.3 is 0 Å². The zero-order valence-corrected chi connectivity index (χ0v) is 13.8. The molecule has 6 nitrogen and oxygen atoms in total. The summed E-state index contributed by atoms with van der Waals surface area (Å²) in [6.45, 7) is 2.55. The number of amides is 2. The van der Waals surface area contributed by atoms with Gasteiger partial charge < -0.3 is 19.7 Å². The average Bonchev–Trinajstić information content (AvgIpc) is 2.60. The molecule has 2 amide bonds. The van der Waals surface area contributed by atoms with Gasteiger partial charge in [0.2, 0.25) is 11.8 Å². The maximum atomic E-state index is 12.6. The number of nitrogens with one attached hydrogen (secondary N) is 1. The molecule has 0 bridgehead atoms. The molecule has 0 radical (unpaired) electrons. The van der Waals surface area contributed by atoms with Crippen molar-refractivity contribution in [1.82, 2.24) is 10.2 Å². The molecule has 2 aliphatic heterocycles. The molecule has 0 aromatic heterocycles. The number of hydrogen-bond acceptors (Lipinski definition) is 4. The molecule has 1 atom stereocenters. The van der Waals surface area contributed by atoms with Crippen LogP contribution in [0, 0.1) is 0 Å². The Bertz CT molecular complexity index is 557. The Morgan fingerprint density at radius 3 is 2.67 bits per heavy atom. The molecule has 6 heteroatoms. The van der Waals surface area contributed by atoms with Crippen LogP contribution in [0.1, 0.15) is 31.2 Å². The Hall–Kier alpha value is -1.92. The second-order valence-electron chi connectivity index (χ2n) is 6.24. The molecule has 0 spiro atoms. The van der Waals surface area contributed by atoms with Gasteiger partial charge in [-0.1, -0.05) is 30.3 Å². The van der Waals surface area contributed by atoms with Crippen molar-refractivity contribution in [2.24, 2.45) is 0 Å². The van der Waals surface area contributed by atoms with E-state index in [4.69, 9.17) is 9.47 Å². The first kappa shape index (κ1) is 16.9. The van der Waals surface area contributed by atoms with E-state index in [0.717, 1.165) is 24.9 Å². The average molecular weight is 332 g/mol. The molecule has 2 aliphatic rings. The standard InChI is InChI=1S/C18H24N2O4/c21-16(12-17-23-10-5-11-24-17)19-15-8-4-9-20(18(15)22)13-14-6-2-1-3-7-14/h1-3,6-7,15,17H,4-5,8-13H2,(H,19,21). The van der Waals surface area contributed by atoms with Gasteiger partial charge in [0, 0.05) is 13.1 Å². The molecule has 1 aromatic carbocycles. The number of piperidine rings is 1. The van der Waals surface area contributed by atoms with E-state index in [-0.39, 0.29) is 18.2 Å². The van der Waals surface area contributed by atoms with Crippen molar-refractivity contribution >= 4 is 11.8 Å². The van der Waals surface area contributed by atoms with Crippen molar-refractivity contribution < 1.29 is 19.1 Å². The molecule has 2 heterocycles. The van der Waals surface area contributed by atoms with Gasteiger partial charge in [-0.15, -0.1) is 0 Å². The Balaban J connectivity index is 1.51. The molecule has 1 unspecified atom stereocenters. The first-order chi connectivity index (χ1) is 11.7. The van der Waals surface area contributed by atoms with Crippen molar-refractivity contribution in [3.05, 3.63) is 35.9 Å². The van der Waals surface area contributed by atoms with E-state index in [1.165, 1.54) is 0 Å². The summed E-state index contributed by atoms with van der Waals surface area (Å²) in [5, 5.41) is 2.84. The Labute approximate surface area is 142 Å². The fourth-order valence-electron chi connectivity index (χ4n) is 3.09. The van der Waals surface area contributed by atoms with Crippen molar-refractivity contribution in [3.63, 3.8) is 0 Å². The van der Waals surface area contributed by atoms with Crippen LogP contribution in [0.25, 0.3) is 0 Å². The molecule has 2 fully saturated rings. The quantitative estimate of drug-likeness (QED) is 0.886. The van der Waals surface area contributed by atoms with Gasteiger partial charge in [0.1, 0.15) is 6.04 Å². The SMILES string of the molecule is O=C(CC1OCCCO1)NC1CCCN(Cc2ccccc2)C1=O. The monoisotopic (exact) mass is 332 g/mol. The van der Waals surface area contributed by atoms with E-state index < -0.39 is 12.3 Å². The van der Waals surface area contributed by atoms with Crippen LogP contribution in [0.15, 0.2) is 30.3 Å². The molecular weight excluding hydrogens is 308 g/mol. The Morgan fingerprint density at radius 2 is 1.92 bits per heavy atom. The smallest absolute Gasteiger partial charge is 0.245 e. The van der Waals surface area contributed by atoms with Crippen LogP contribution in [-0.2, 0) is 25.6 Å². The lowest BCUT2D eigenvalue weighted by Gasteiger charge is -2.33. The second-order valence-corrected chi connectivity index (χ2v) is 6.24. The summed E-state index contributed by atoms with van der Waals surface area (Å²) in [6.07, 6.45) is 2.08. The van der Waals surface area contributed by atoms with Crippen LogP contribution in [0.5, 0.6) is 0 Å². The van der Waals surface area contributed by atoms with E-state index in [1.54, 1.807) is 0 Å². The number of hydrogen-bond donors (Lipinski definition) is 1. The second kappa shape index (κ2) is 8.26. The van der Waals surface area contributed by atoms with E-state index in [0.29, 0.717) is 26.2 Å². The Morgan fingerprint density at radius 1 is 1.17 bits per heavy atom. The number of ether oxygens (including phenoxy) is 2. The van der Waals surface area contributed by atoms with Crippen LogP contribution in [-0.4, -0.2) is 48.8 Å². The third-order valence-electron chi connectivity index (χ3n) is 4.33. The van der Waals surface area contributed by atoms with Crippen LogP contribution < -0.4 is 5.32 Å². The molecular formula is C18H24N2O4. The lowest BCUT2D eigenvalue weighted by Crippen LogP contribution is -2.52. The highest BCUT2D eigenvalue weighted by molar-refractivity contribution is 5.88. The predicted octanol–water partition coefficient (Wildman–Crippen LogP) is 1.45. The molecule has 2 saturated heterocycles. The molecule has 130 valence electrons. The highest BCUT2D eigenvalue weighted by Crippen LogP contribution is 2.16. The fourth-order valence-corrected chi connectivity index (χ4v) is 3.09. The van der Waals surface area contributed by atoms with E-state index in [9.17, 15) is 9.59 Å². The molecule has 0 saturated carbocycles. The summed E-state index contributed by atoms with van der Waals surface area (Å²) in [5.74, 6) is -0.203. The molecule has 0 aliphatic carbocycles. The minimum absolute atomic E-state index is 0.0102. The van der Waals surface area contributed by atoms with Gasteiger partial charge in [-0.05, 0) is 24.8 Å². The van der Waals surface area contributed by atoms with Crippen molar-refractivity contribution in [1.29, 1.82) is 0 Å². The maximum Gasteiger partial charge on any atom is 0.245 e. The third-order valence-corrected chi connectivity index (χ3v) is 4.33. The first-order valence-electron chi connectivity index (χ1n) is 8.57. The molecule has 24 heavy (non-hydrogen) atoms. The minimum atomic E-state index is -0.488. The third kappa shape index (κ3) is 4.55. The van der Waals surface area contributed by atoms with Crippen molar-refractivity contribution in [2.75, 3.05) is 19.8 Å². The van der Waals surface area contributed by atoms with E-state index >= 15 is 0 Å². The topological polar surface area (TPSA) is 67.9 Å². The minimum Gasteiger partial charge on any atom is -0.352 e. The number of benzene rings is 1. The van der Waals surface area contributed by atoms with Gasteiger partial charge in [-0.3, -0.25) is 9.59 Å². The molecule has 1 N–H and O–H groups in total. The van der Waals surface area contributed by atoms with Crippen LogP contribution >= 0.6 is 0 Å². The van der Waals surface area contributed by atoms with E-state index in [2.05, 4.69) is 5.32 Å². The van der Waals surface area contributed by atoms with Crippen molar-refractivity contribution in [2.45, 2.75) is 44.6 Å². The van der Waals surface area contributed by atoms with E-state index in [1.807, 2.05) is 35.2 Å². The van der Waals surface area contributed by atoms with Gasteiger partial charge in [-0.2, -0.15) is 0 Å². The molecule has 1 aromatic rings. The fraction of sp³-hybridized carbons (Fsp3) is 0.556. The van der Waals surface area contributed by atoms with Gasteiger partial charge in [-0.25, -0.2) is 0 Å². The van der Waals surface area contributed by atoms with Gasteiger partial charge in [0.05, 0.1) is 19.6 Å². The van der Waals surface area contributed by atoms with Crippen LogP contribution in [0.4, 0.5) is 0 Å². The first-order valence-corrected chi connectivity index (χ1v) is 8.57. The Kier molecular flexibility index (Phi) is 5.82. The summed E-state index contributed by atoms with van der Waals surface area (Å²) in [5.41, 5.74) is 1.10. The number of rotatable bonds is 5. The summed E-state index contributed by atoms with van der Waals surface area (Å²) in [7, 11) is 0. The summed E-state index contributed by atoms with van der Waals surface area (Å²) < 4.78 is 10.8. The summed E-state index contributed by atoms with van der Waals surface area (Å²) in [4.78, 5) is 26.6. The highest BCUT2D eigenvalue weighted by atomic mass is 16.7. The predicted molar refractivity (Wildman–Crippen MR) is 87.9 cm³/mol. The number of carbonyl (C=O) groups is 2. The largest absolute Gasteiger partial charge is 0.352 e. The lowest BCUT2D eigenvalue weighted by molar-refractivity contribution is -0.184. The number of likely N-dealkylation sites (tertiary alicyclic amines) is 1. The highest BCUT2D eigenvalue weighted by Gasteiger charge is 2.30. The zero-order chi connectivity index (χ0) is 16.8. The maximum absolute atomic E-state index is 12.6. The number of nitrogens with zero attached hydrogens (tertiary/aromatic N) is 1. The zero-order valence-electron chi connectivity index (χ0n) is 13.8. The lowest BCUT2D eigenvalue weighted by atomic mass is 10.0.